The van der Waals surface area contributed by atoms with Crippen molar-refractivity contribution in [3.63, 3.8) is 0 Å². The van der Waals surface area contributed by atoms with Gasteiger partial charge in [-0.2, -0.15) is 0 Å². The van der Waals surface area contributed by atoms with E-state index in [0.717, 1.165) is 32.0 Å². The van der Waals surface area contributed by atoms with Crippen molar-refractivity contribution in [2.75, 3.05) is 0 Å². The van der Waals surface area contributed by atoms with Gasteiger partial charge in [-0.25, -0.2) is 4.98 Å². The average Bonchev–Trinajstić information content (AvgIpc) is 3.23. The summed E-state index contributed by atoms with van der Waals surface area (Å²) in [4.78, 5) is 21.2. The van der Waals surface area contributed by atoms with Crippen molar-refractivity contribution in [3.05, 3.63) is 75.9 Å². The number of halogens is 1. The van der Waals surface area contributed by atoms with Gasteiger partial charge in [0.05, 0.1) is 17.3 Å². The molecule has 0 aliphatic rings. The van der Waals surface area contributed by atoms with E-state index in [1.165, 1.54) is 0 Å². The molecule has 4 rings (SSSR count). The summed E-state index contributed by atoms with van der Waals surface area (Å²) in [6.45, 7) is 2.38. The van der Waals surface area contributed by atoms with E-state index in [1.807, 2.05) is 61.5 Å². The van der Waals surface area contributed by atoms with Crippen molar-refractivity contribution < 1.29 is 4.79 Å². The zero-order chi connectivity index (χ0) is 18.1. The highest BCUT2D eigenvalue weighted by Gasteiger charge is 2.14. The number of benzene rings is 2. The Bertz CT molecular complexity index is 1070. The maximum absolute atomic E-state index is 12.5. The molecule has 0 saturated carbocycles. The van der Waals surface area contributed by atoms with Crippen LogP contribution >= 0.6 is 22.9 Å². The third-order valence-electron chi connectivity index (χ3n) is 4.18. The Morgan fingerprint density at radius 1 is 1.19 bits per heavy atom. The molecule has 0 atom stereocenters. The van der Waals surface area contributed by atoms with Gasteiger partial charge in [0.2, 0.25) is 0 Å². The van der Waals surface area contributed by atoms with Crippen molar-refractivity contribution in [3.8, 4) is 10.6 Å². The number of H-pyrrole nitrogens is 1. The molecule has 0 bridgehead atoms. The molecule has 4 aromatic rings. The van der Waals surface area contributed by atoms with E-state index in [-0.39, 0.29) is 5.91 Å². The van der Waals surface area contributed by atoms with Crippen molar-refractivity contribution in [1.82, 2.24) is 15.3 Å². The van der Waals surface area contributed by atoms with E-state index < -0.39 is 0 Å². The zero-order valence-electron chi connectivity index (χ0n) is 14.0. The highest BCUT2D eigenvalue weighted by molar-refractivity contribution is 7.15. The lowest BCUT2D eigenvalue weighted by Gasteiger charge is -2.02. The quantitative estimate of drug-likeness (QED) is 0.511. The number of nitrogens with one attached hydrogen (secondary N) is 2. The molecule has 1 amide bonds. The summed E-state index contributed by atoms with van der Waals surface area (Å²) in [5.41, 5.74) is 3.32. The van der Waals surface area contributed by atoms with E-state index in [9.17, 15) is 4.79 Å². The first kappa shape index (κ1) is 16.8. The lowest BCUT2D eigenvalue weighted by Crippen LogP contribution is -2.22. The first-order chi connectivity index (χ1) is 12.6. The number of aromatic amines is 1. The van der Waals surface area contributed by atoms with E-state index in [4.69, 9.17) is 11.6 Å². The molecule has 0 unspecified atom stereocenters. The van der Waals surface area contributed by atoms with Gasteiger partial charge < -0.3 is 10.3 Å². The number of hydrogen-bond acceptors (Lipinski definition) is 3. The molecular weight excluding hydrogens is 366 g/mol. The van der Waals surface area contributed by atoms with E-state index in [2.05, 4.69) is 15.3 Å². The largest absolute Gasteiger partial charge is 0.351 e. The molecular formula is C20H16ClN3OS. The van der Waals surface area contributed by atoms with Gasteiger partial charge in [-0.05, 0) is 25.1 Å². The summed E-state index contributed by atoms with van der Waals surface area (Å²) in [5.74, 6) is -0.131. The Morgan fingerprint density at radius 3 is 2.77 bits per heavy atom. The summed E-state index contributed by atoms with van der Waals surface area (Å²) in [5, 5.41) is 5.52. The highest BCUT2D eigenvalue weighted by Crippen LogP contribution is 2.32. The SMILES string of the molecule is Cc1nc(-c2ccccc2Cl)sc1CNC(=O)c1cc2ccccc2[nH]1. The molecule has 2 aromatic carbocycles. The number of aromatic nitrogens is 2. The number of amides is 1. The van der Waals surface area contributed by atoms with Crippen molar-refractivity contribution in [2.24, 2.45) is 0 Å². The van der Waals surface area contributed by atoms with Crippen LogP contribution in [0.3, 0.4) is 0 Å². The molecule has 0 radical (unpaired) electrons. The van der Waals surface area contributed by atoms with Crippen molar-refractivity contribution in [1.29, 1.82) is 0 Å². The number of carbonyl (C=O) groups is 1. The Kier molecular flexibility index (Phi) is 4.49. The number of fused-ring (bicyclic) bond motifs is 1. The van der Waals surface area contributed by atoms with E-state index in [0.29, 0.717) is 17.3 Å². The van der Waals surface area contributed by atoms with Crippen LogP contribution < -0.4 is 5.32 Å². The number of carbonyl (C=O) groups excluding carboxylic acids is 1. The Balaban J connectivity index is 1.51. The summed E-state index contributed by atoms with van der Waals surface area (Å²) >= 11 is 7.81. The highest BCUT2D eigenvalue weighted by atomic mass is 35.5. The Hall–Kier alpha value is -2.63. The van der Waals surface area contributed by atoms with E-state index in [1.54, 1.807) is 11.3 Å². The molecule has 130 valence electrons. The summed E-state index contributed by atoms with van der Waals surface area (Å²) in [7, 11) is 0. The maximum atomic E-state index is 12.5. The first-order valence-corrected chi connectivity index (χ1v) is 9.38. The lowest BCUT2D eigenvalue weighted by molar-refractivity contribution is 0.0947. The predicted octanol–water partition coefficient (Wildman–Crippen LogP) is 5.18. The summed E-state index contributed by atoms with van der Waals surface area (Å²) in [6.07, 6.45) is 0. The molecule has 0 spiro atoms. The van der Waals surface area contributed by atoms with Gasteiger partial charge in [0.1, 0.15) is 10.7 Å². The summed E-state index contributed by atoms with van der Waals surface area (Å²) < 4.78 is 0. The number of aryl methyl sites for hydroxylation is 1. The maximum Gasteiger partial charge on any atom is 0.268 e. The molecule has 0 saturated heterocycles. The second-order valence-corrected chi connectivity index (χ2v) is 7.45. The minimum absolute atomic E-state index is 0.131. The first-order valence-electron chi connectivity index (χ1n) is 8.19. The Morgan fingerprint density at radius 2 is 1.96 bits per heavy atom. The van der Waals surface area contributed by atoms with Crippen LogP contribution in [0.25, 0.3) is 21.5 Å². The minimum atomic E-state index is -0.131. The predicted molar refractivity (Wildman–Crippen MR) is 107 cm³/mol. The fourth-order valence-electron chi connectivity index (χ4n) is 2.79. The standard InChI is InChI=1S/C20H16ClN3OS/c1-12-18(26-20(23-12)14-7-3-4-8-15(14)21)11-22-19(25)17-10-13-6-2-5-9-16(13)24-17/h2-10,24H,11H2,1H3,(H,22,25). The normalized spacial score (nSPS) is 11.0. The topological polar surface area (TPSA) is 57.8 Å². The monoisotopic (exact) mass is 381 g/mol. The molecule has 6 heteroatoms. The van der Waals surface area contributed by atoms with Crippen LogP contribution in [0.4, 0.5) is 0 Å². The van der Waals surface area contributed by atoms with Gasteiger partial charge in [0, 0.05) is 21.3 Å². The molecule has 2 N–H and O–H groups in total. The average molecular weight is 382 g/mol. The van der Waals surface area contributed by atoms with Crippen molar-refractivity contribution in [2.45, 2.75) is 13.5 Å². The van der Waals surface area contributed by atoms with Crippen LogP contribution in [0, 0.1) is 6.92 Å². The van der Waals surface area contributed by atoms with Gasteiger partial charge in [0.25, 0.3) is 5.91 Å². The summed E-state index contributed by atoms with van der Waals surface area (Å²) in [6, 6.07) is 17.3. The fraction of sp³-hybridized carbons (Fsp3) is 0.100. The lowest BCUT2D eigenvalue weighted by atomic mass is 10.2. The molecule has 0 aliphatic heterocycles. The van der Waals surface area contributed by atoms with Gasteiger partial charge in [0.15, 0.2) is 0 Å². The van der Waals surface area contributed by atoms with Crippen LogP contribution in [-0.2, 0) is 6.54 Å². The van der Waals surface area contributed by atoms with Crippen molar-refractivity contribution >= 4 is 39.7 Å². The van der Waals surface area contributed by atoms with Gasteiger partial charge >= 0.3 is 0 Å². The van der Waals surface area contributed by atoms with Crippen LogP contribution in [0.1, 0.15) is 21.1 Å². The third-order valence-corrected chi connectivity index (χ3v) is 5.70. The van der Waals surface area contributed by atoms with Gasteiger partial charge in [-0.15, -0.1) is 11.3 Å². The number of para-hydroxylation sites is 1. The second kappa shape index (κ2) is 6.94. The molecule has 2 heterocycles. The second-order valence-electron chi connectivity index (χ2n) is 5.96. The fourth-order valence-corrected chi connectivity index (χ4v) is 4.12. The molecule has 0 aliphatic carbocycles. The number of rotatable bonds is 4. The minimum Gasteiger partial charge on any atom is -0.351 e. The molecule has 2 aromatic heterocycles. The third kappa shape index (κ3) is 3.23. The molecule has 26 heavy (non-hydrogen) atoms. The van der Waals surface area contributed by atoms with Crippen LogP contribution in [0.2, 0.25) is 5.02 Å². The van der Waals surface area contributed by atoms with E-state index >= 15 is 0 Å². The zero-order valence-corrected chi connectivity index (χ0v) is 15.6. The van der Waals surface area contributed by atoms with Crippen LogP contribution in [0.15, 0.2) is 54.6 Å². The van der Waals surface area contributed by atoms with Gasteiger partial charge in [-0.1, -0.05) is 48.0 Å². The number of thiazole rings is 1. The smallest absolute Gasteiger partial charge is 0.268 e. The van der Waals surface area contributed by atoms with Crippen LogP contribution in [0.5, 0.6) is 0 Å². The Labute approximate surface area is 159 Å². The molecule has 4 nitrogen and oxygen atoms in total. The number of nitrogens with zero attached hydrogens (tertiary/aromatic N) is 1. The van der Waals surface area contributed by atoms with Gasteiger partial charge in [-0.3, -0.25) is 4.79 Å². The number of hydrogen-bond donors (Lipinski definition) is 2. The van der Waals surface area contributed by atoms with Crippen LogP contribution in [-0.4, -0.2) is 15.9 Å². The molecule has 0 fully saturated rings.